The van der Waals surface area contributed by atoms with Gasteiger partial charge in [0.15, 0.2) is 0 Å². The number of carbonyl (C=O) groups is 1. The third kappa shape index (κ3) is 4.12. The first-order valence-corrected chi connectivity index (χ1v) is 10.2. The normalized spacial score (nSPS) is 23.1. The van der Waals surface area contributed by atoms with E-state index in [9.17, 15) is 9.90 Å². The number of aliphatic hydroxyl groups is 1. The Labute approximate surface area is 166 Å². The van der Waals surface area contributed by atoms with Crippen LogP contribution in [0.2, 0.25) is 0 Å². The number of rotatable bonds is 5. The van der Waals surface area contributed by atoms with E-state index in [0.29, 0.717) is 18.7 Å². The topological polar surface area (TPSA) is 53.0 Å². The Bertz CT molecular complexity index is 772. The number of hydrogen-bond donors (Lipinski definition) is 1. The van der Waals surface area contributed by atoms with Gasteiger partial charge < -0.3 is 19.6 Å². The van der Waals surface area contributed by atoms with Crippen LogP contribution in [-0.4, -0.2) is 59.7 Å². The van der Waals surface area contributed by atoms with Crippen molar-refractivity contribution < 1.29 is 14.6 Å². The van der Waals surface area contributed by atoms with Gasteiger partial charge in [0.2, 0.25) is 0 Å². The Hall–Kier alpha value is -2.21. The average molecular weight is 380 g/mol. The molecule has 2 atom stereocenters. The summed E-state index contributed by atoms with van der Waals surface area (Å²) in [6.07, 6.45) is 2.44. The molecule has 2 saturated heterocycles. The summed E-state index contributed by atoms with van der Waals surface area (Å²) < 4.78 is 6.19. The zero-order valence-corrected chi connectivity index (χ0v) is 16.2. The van der Waals surface area contributed by atoms with Crippen LogP contribution in [0.15, 0.2) is 54.6 Å². The molecular weight excluding hydrogens is 352 g/mol. The van der Waals surface area contributed by atoms with Gasteiger partial charge in [-0.25, -0.2) is 0 Å². The maximum atomic E-state index is 13.4. The van der Waals surface area contributed by atoms with Gasteiger partial charge in [-0.3, -0.25) is 4.79 Å². The largest absolute Gasteiger partial charge is 0.392 e. The zero-order chi connectivity index (χ0) is 19.3. The predicted octanol–water partition coefficient (Wildman–Crippen LogP) is 2.86. The Balaban J connectivity index is 1.61. The van der Waals surface area contributed by atoms with E-state index in [1.807, 2.05) is 35.2 Å². The van der Waals surface area contributed by atoms with Crippen LogP contribution in [0.4, 0.5) is 0 Å². The number of carbonyl (C=O) groups excluding carboxylic acids is 1. The van der Waals surface area contributed by atoms with E-state index in [4.69, 9.17) is 4.74 Å². The van der Waals surface area contributed by atoms with Crippen molar-refractivity contribution in [2.45, 2.75) is 31.6 Å². The highest BCUT2D eigenvalue weighted by Gasteiger charge is 2.37. The summed E-state index contributed by atoms with van der Waals surface area (Å²) in [6, 6.07) is 17.4. The predicted molar refractivity (Wildman–Crippen MR) is 108 cm³/mol. The Morgan fingerprint density at radius 1 is 1.00 bits per heavy atom. The fourth-order valence-electron chi connectivity index (χ4n) is 4.30. The molecule has 2 aliphatic rings. The summed E-state index contributed by atoms with van der Waals surface area (Å²) in [5.41, 5.74) is 2.58. The number of amides is 1. The lowest BCUT2D eigenvalue weighted by molar-refractivity contribution is -0.0707. The van der Waals surface area contributed by atoms with Crippen molar-refractivity contribution in [3.63, 3.8) is 0 Å². The molecule has 0 saturated carbocycles. The lowest BCUT2D eigenvalue weighted by atomic mass is 9.96. The molecule has 0 unspecified atom stereocenters. The minimum absolute atomic E-state index is 0.0173. The highest BCUT2D eigenvalue weighted by atomic mass is 16.5. The van der Waals surface area contributed by atoms with Gasteiger partial charge >= 0.3 is 0 Å². The van der Waals surface area contributed by atoms with Gasteiger partial charge in [0.05, 0.1) is 25.4 Å². The number of benzene rings is 2. The van der Waals surface area contributed by atoms with E-state index in [1.54, 1.807) is 12.1 Å². The van der Waals surface area contributed by atoms with Gasteiger partial charge in [0, 0.05) is 18.7 Å². The summed E-state index contributed by atoms with van der Waals surface area (Å²) in [6.45, 7) is 4.19. The van der Waals surface area contributed by atoms with Crippen molar-refractivity contribution in [1.29, 1.82) is 0 Å². The zero-order valence-electron chi connectivity index (χ0n) is 16.2. The third-order valence-electron chi connectivity index (χ3n) is 5.77. The molecule has 5 heteroatoms. The first kappa shape index (κ1) is 19.1. The van der Waals surface area contributed by atoms with Crippen LogP contribution >= 0.6 is 0 Å². The number of morpholine rings is 1. The quantitative estimate of drug-likeness (QED) is 0.867. The lowest BCUT2D eigenvalue weighted by Crippen LogP contribution is -2.51. The van der Waals surface area contributed by atoms with Crippen LogP contribution in [0.5, 0.6) is 0 Å². The molecule has 0 aromatic heterocycles. The molecule has 2 aromatic rings. The van der Waals surface area contributed by atoms with Gasteiger partial charge in [0.1, 0.15) is 0 Å². The average Bonchev–Trinajstić information content (AvgIpc) is 3.27. The highest BCUT2D eigenvalue weighted by molar-refractivity contribution is 5.94. The van der Waals surface area contributed by atoms with Gasteiger partial charge in [-0.15, -0.1) is 0 Å². The SMILES string of the molecule is O=C(c1ccc(CO)cc1)N1CCO[C@@H](CN2CCCC2)[C@@H]1c1ccccc1. The van der Waals surface area contributed by atoms with Gasteiger partial charge in [-0.2, -0.15) is 0 Å². The molecule has 2 heterocycles. The highest BCUT2D eigenvalue weighted by Crippen LogP contribution is 2.32. The van der Waals surface area contributed by atoms with Crippen LogP contribution in [0.25, 0.3) is 0 Å². The van der Waals surface area contributed by atoms with Gasteiger partial charge in [0.25, 0.3) is 5.91 Å². The van der Waals surface area contributed by atoms with Crippen molar-refractivity contribution in [2.24, 2.45) is 0 Å². The van der Waals surface area contributed by atoms with E-state index in [0.717, 1.165) is 30.8 Å². The van der Waals surface area contributed by atoms with Gasteiger partial charge in [-0.05, 0) is 49.2 Å². The molecule has 0 bridgehead atoms. The van der Waals surface area contributed by atoms with Crippen molar-refractivity contribution in [1.82, 2.24) is 9.80 Å². The van der Waals surface area contributed by atoms with E-state index >= 15 is 0 Å². The molecule has 2 aromatic carbocycles. The second-order valence-electron chi connectivity index (χ2n) is 7.63. The molecule has 2 fully saturated rings. The van der Waals surface area contributed by atoms with Gasteiger partial charge in [-0.1, -0.05) is 42.5 Å². The summed E-state index contributed by atoms with van der Waals surface area (Å²) in [5.74, 6) is 0.0214. The summed E-state index contributed by atoms with van der Waals surface area (Å²) in [4.78, 5) is 17.8. The molecule has 2 aliphatic heterocycles. The molecular formula is C23H28N2O3. The molecule has 0 radical (unpaired) electrons. The number of hydrogen-bond acceptors (Lipinski definition) is 4. The molecule has 28 heavy (non-hydrogen) atoms. The Kier molecular flexibility index (Phi) is 6.05. The lowest BCUT2D eigenvalue weighted by Gasteiger charge is -2.42. The fraction of sp³-hybridized carbons (Fsp3) is 0.435. The molecule has 0 spiro atoms. The summed E-state index contributed by atoms with van der Waals surface area (Å²) in [7, 11) is 0. The number of likely N-dealkylation sites (tertiary alicyclic amines) is 1. The molecule has 0 aliphatic carbocycles. The van der Waals surface area contributed by atoms with Crippen molar-refractivity contribution in [3.05, 3.63) is 71.3 Å². The van der Waals surface area contributed by atoms with E-state index < -0.39 is 0 Å². The second-order valence-corrected chi connectivity index (χ2v) is 7.63. The van der Waals surface area contributed by atoms with Crippen LogP contribution in [0, 0.1) is 0 Å². The van der Waals surface area contributed by atoms with E-state index in [-0.39, 0.29) is 24.7 Å². The van der Waals surface area contributed by atoms with Crippen LogP contribution in [0.3, 0.4) is 0 Å². The number of aliphatic hydroxyl groups excluding tert-OH is 1. The Morgan fingerprint density at radius 2 is 1.71 bits per heavy atom. The van der Waals surface area contributed by atoms with E-state index in [1.165, 1.54) is 12.8 Å². The van der Waals surface area contributed by atoms with Crippen LogP contribution in [-0.2, 0) is 11.3 Å². The molecule has 148 valence electrons. The van der Waals surface area contributed by atoms with Crippen molar-refractivity contribution in [3.8, 4) is 0 Å². The minimum atomic E-state index is -0.0967. The van der Waals surface area contributed by atoms with Crippen LogP contribution in [0.1, 0.15) is 40.4 Å². The number of nitrogens with zero attached hydrogens (tertiary/aromatic N) is 2. The van der Waals surface area contributed by atoms with Crippen molar-refractivity contribution in [2.75, 3.05) is 32.8 Å². The molecule has 5 nitrogen and oxygen atoms in total. The third-order valence-corrected chi connectivity index (χ3v) is 5.77. The molecule has 1 N–H and O–H groups in total. The monoisotopic (exact) mass is 380 g/mol. The maximum Gasteiger partial charge on any atom is 0.254 e. The van der Waals surface area contributed by atoms with E-state index in [2.05, 4.69) is 17.0 Å². The Morgan fingerprint density at radius 3 is 2.39 bits per heavy atom. The standard InChI is InChI=1S/C23H28N2O3/c26-17-18-8-10-20(11-9-18)23(27)25-14-15-28-21(16-24-12-4-5-13-24)22(25)19-6-2-1-3-7-19/h1-3,6-11,21-22,26H,4-5,12-17H2/t21-,22-/m0/s1. The minimum Gasteiger partial charge on any atom is -0.392 e. The number of ether oxygens (including phenoxy) is 1. The second kappa shape index (κ2) is 8.86. The van der Waals surface area contributed by atoms with Crippen LogP contribution < -0.4 is 0 Å². The summed E-state index contributed by atoms with van der Waals surface area (Å²) >= 11 is 0. The maximum absolute atomic E-state index is 13.4. The molecule has 1 amide bonds. The molecule has 4 rings (SSSR count). The smallest absolute Gasteiger partial charge is 0.254 e. The fourth-order valence-corrected chi connectivity index (χ4v) is 4.30. The first-order chi connectivity index (χ1) is 13.8. The van der Waals surface area contributed by atoms with Crippen molar-refractivity contribution >= 4 is 5.91 Å². The first-order valence-electron chi connectivity index (χ1n) is 10.2. The summed E-state index contributed by atoms with van der Waals surface area (Å²) in [5, 5.41) is 9.26.